The Morgan fingerprint density at radius 1 is 0.667 bits per heavy atom. The summed E-state index contributed by atoms with van der Waals surface area (Å²) in [4.78, 5) is 3.43. The normalized spacial score (nSPS) is 11.4. The summed E-state index contributed by atoms with van der Waals surface area (Å²) in [6.07, 6.45) is 0. The molecule has 3 heteroatoms. The predicted octanol–water partition coefficient (Wildman–Crippen LogP) is 6.56. The van der Waals surface area contributed by atoms with Crippen LogP contribution in [0.2, 0.25) is 0 Å². The van der Waals surface area contributed by atoms with Gasteiger partial charge < -0.3 is 4.98 Å². The predicted molar refractivity (Wildman–Crippen MR) is 99.1 cm³/mol. The third-order valence-electron chi connectivity index (χ3n) is 4.06. The maximum atomic E-state index is 4.45. The van der Waals surface area contributed by atoms with Gasteiger partial charge in [-0.3, -0.25) is 0 Å². The Balaban J connectivity index is 1.80. The second kappa shape index (κ2) is 6.13. The Hall–Kier alpha value is -3.20. The molecule has 0 aliphatic carbocycles. The van der Waals surface area contributed by atoms with Crippen molar-refractivity contribution in [1.82, 2.24) is 4.98 Å². The minimum atomic E-state index is 0.782. The van der Waals surface area contributed by atoms with Crippen molar-refractivity contribution in [2.24, 2.45) is 10.2 Å². The lowest BCUT2D eigenvalue weighted by atomic mass is 10.1. The molecule has 1 aromatic heterocycles. The Labute approximate surface area is 140 Å². The molecule has 116 valence electrons. The summed E-state index contributed by atoms with van der Waals surface area (Å²) in [7, 11) is 0. The second-order valence-electron chi connectivity index (χ2n) is 5.80. The van der Waals surface area contributed by atoms with Crippen molar-refractivity contribution >= 4 is 22.3 Å². The molecule has 1 heterocycles. The number of azo groups is 1. The molecule has 0 radical (unpaired) electrons. The van der Waals surface area contributed by atoms with Gasteiger partial charge in [0.05, 0.1) is 11.4 Å². The van der Waals surface area contributed by atoms with Crippen molar-refractivity contribution in [3.63, 3.8) is 0 Å². The SMILES string of the molecule is Cc1ccc(N=Nc2[nH]c(-c3ccccc3)c3ccccc23)cc1. The van der Waals surface area contributed by atoms with Gasteiger partial charge in [-0.1, -0.05) is 72.3 Å². The maximum absolute atomic E-state index is 4.45. The van der Waals surface area contributed by atoms with Gasteiger partial charge in [-0.15, -0.1) is 10.2 Å². The highest BCUT2D eigenvalue weighted by Crippen LogP contribution is 2.35. The minimum absolute atomic E-state index is 0.782. The summed E-state index contributed by atoms with van der Waals surface area (Å²) in [6.45, 7) is 2.06. The van der Waals surface area contributed by atoms with Crippen LogP contribution in [0.4, 0.5) is 11.5 Å². The third kappa shape index (κ3) is 2.72. The minimum Gasteiger partial charge on any atom is -0.337 e. The molecule has 1 N–H and O–H groups in total. The van der Waals surface area contributed by atoms with E-state index in [-0.39, 0.29) is 0 Å². The molecule has 0 saturated carbocycles. The first-order chi connectivity index (χ1) is 11.8. The lowest BCUT2D eigenvalue weighted by molar-refractivity contribution is 1.19. The number of nitrogens with zero attached hydrogens (tertiary/aromatic N) is 2. The van der Waals surface area contributed by atoms with Crippen LogP contribution in [-0.2, 0) is 0 Å². The smallest absolute Gasteiger partial charge is 0.161 e. The van der Waals surface area contributed by atoms with Crippen LogP contribution in [0, 0.1) is 6.92 Å². The first-order valence-electron chi connectivity index (χ1n) is 7.96. The van der Waals surface area contributed by atoms with Gasteiger partial charge in [-0.05, 0) is 24.6 Å². The van der Waals surface area contributed by atoms with Crippen molar-refractivity contribution in [1.29, 1.82) is 0 Å². The van der Waals surface area contributed by atoms with Gasteiger partial charge >= 0.3 is 0 Å². The number of rotatable bonds is 3. The van der Waals surface area contributed by atoms with E-state index in [1.807, 2.05) is 54.6 Å². The molecule has 0 saturated heterocycles. The first-order valence-corrected chi connectivity index (χ1v) is 7.96. The molecule has 4 aromatic rings. The van der Waals surface area contributed by atoms with E-state index in [9.17, 15) is 0 Å². The number of hydrogen-bond acceptors (Lipinski definition) is 2. The molecule has 0 fully saturated rings. The Bertz CT molecular complexity index is 996. The van der Waals surface area contributed by atoms with Crippen LogP contribution in [0.15, 0.2) is 89.1 Å². The molecule has 0 amide bonds. The fraction of sp³-hybridized carbons (Fsp3) is 0.0476. The molecule has 3 aromatic carbocycles. The van der Waals surface area contributed by atoms with Gasteiger partial charge in [0.25, 0.3) is 0 Å². The summed E-state index contributed by atoms with van der Waals surface area (Å²) in [5.74, 6) is 0.782. The van der Waals surface area contributed by atoms with E-state index >= 15 is 0 Å². The van der Waals surface area contributed by atoms with Crippen LogP contribution in [0.3, 0.4) is 0 Å². The van der Waals surface area contributed by atoms with Crippen LogP contribution in [0.5, 0.6) is 0 Å². The number of aryl methyl sites for hydroxylation is 1. The van der Waals surface area contributed by atoms with E-state index in [0.29, 0.717) is 0 Å². The largest absolute Gasteiger partial charge is 0.337 e. The zero-order valence-corrected chi connectivity index (χ0v) is 13.4. The molecule has 0 aliphatic heterocycles. The van der Waals surface area contributed by atoms with E-state index in [1.165, 1.54) is 5.56 Å². The van der Waals surface area contributed by atoms with Gasteiger partial charge in [0.15, 0.2) is 5.82 Å². The molecule has 3 nitrogen and oxygen atoms in total. The number of H-pyrrole nitrogens is 1. The van der Waals surface area contributed by atoms with Crippen LogP contribution in [-0.4, -0.2) is 4.98 Å². The van der Waals surface area contributed by atoms with Crippen LogP contribution >= 0.6 is 0 Å². The monoisotopic (exact) mass is 311 g/mol. The Morgan fingerprint density at radius 2 is 1.33 bits per heavy atom. The Morgan fingerprint density at radius 3 is 2.08 bits per heavy atom. The fourth-order valence-corrected chi connectivity index (χ4v) is 2.79. The van der Waals surface area contributed by atoms with Gasteiger partial charge in [0, 0.05) is 10.8 Å². The van der Waals surface area contributed by atoms with Crippen LogP contribution < -0.4 is 0 Å². The van der Waals surface area contributed by atoms with E-state index in [1.54, 1.807) is 0 Å². The van der Waals surface area contributed by atoms with Crippen molar-refractivity contribution in [2.45, 2.75) is 6.92 Å². The van der Waals surface area contributed by atoms with Crippen LogP contribution in [0.1, 0.15) is 5.56 Å². The average molecular weight is 311 g/mol. The number of hydrogen-bond donors (Lipinski definition) is 1. The maximum Gasteiger partial charge on any atom is 0.161 e. The highest BCUT2D eigenvalue weighted by Gasteiger charge is 2.10. The quantitative estimate of drug-likeness (QED) is 0.416. The average Bonchev–Trinajstić information content (AvgIpc) is 3.01. The standard InChI is InChI=1S/C21H17N3/c1-15-11-13-17(14-12-15)23-24-21-19-10-6-5-9-18(19)20(22-21)16-7-3-2-4-8-16/h2-14,22H,1H3. The number of aromatic amines is 1. The lowest BCUT2D eigenvalue weighted by Crippen LogP contribution is -1.76. The number of benzene rings is 3. The summed E-state index contributed by atoms with van der Waals surface area (Å²) in [5.41, 5.74) is 4.28. The first kappa shape index (κ1) is 14.4. The zero-order chi connectivity index (χ0) is 16.4. The highest BCUT2D eigenvalue weighted by molar-refractivity contribution is 6.02. The zero-order valence-electron chi connectivity index (χ0n) is 13.4. The van der Waals surface area contributed by atoms with Crippen molar-refractivity contribution in [3.05, 3.63) is 84.4 Å². The Kier molecular flexibility index (Phi) is 3.67. The van der Waals surface area contributed by atoms with E-state index in [4.69, 9.17) is 0 Å². The number of nitrogens with one attached hydrogen (secondary N) is 1. The summed E-state index contributed by atoms with van der Waals surface area (Å²) >= 11 is 0. The second-order valence-corrected chi connectivity index (χ2v) is 5.80. The van der Waals surface area contributed by atoms with Crippen molar-refractivity contribution < 1.29 is 0 Å². The summed E-state index contributed by atoms with van der Waals surface area (Å²) in [6, 6.07) is 26.6. The van der Waals surface area contributed by atoms with E-state index in [2.05, 4.69) is 46.4 Å². The molecule has 0 bridgehead atoms. The topological polar surface area (TPSA) is 40.5 Å². The molecule has 4 rings (SSSR count). The lowest BCUT2D eigenvalue weighted by Gasteiger charge is -1.98. The fourth-order valence-electron chi connectivity index (χ4n) is 2.79. The molecule has 0 unspecified atom stereocenters. The number of fused-ring (bicyclic) bond motifs is 1. The molecule has 0 spiro atoms. The highest BCUT2D eigenvalue weighted by atomic mass is 15.1. The van der Waals surface area contributed by atoms with Crippen molar-refractivity contribution in [2.75, 3.05) is 0 Å². The summed E-state index contributed by atoms with van der Waals surface area (Å²) in [5, 5.41) is 11.0. The van der Waals surface area contributed by atoms with Gasteiger partial charge in [-0.2, -0.15) is 0 Å². The third-order valence-corrected chi connectivity index (χ3v) is 4.06. The number of aromatic nitrogens is 1. The van der Waals surface area contributed by atoms with Crippen LogP contribution in [0.25, 0.3) is 22.0 Å². The van der Waals surface area contributed by atoms with Gasteiger partial charge in [-0.25, -0.2) is 0 Å². The van der Waals surface area contributed by atoms with Crippen molar-refractivity contribution in [3.8, 4) is 11.3 Å². The molecular weight excluding hydrogens is 294 g/mol. The molecule has 0 atom stereocenters. The van der Waals surface area contributed by atoms with E-state index < -0.39 is 0 Å². The molecule has 0 aliphatic rings. The summed E-state index contributed by atoms with van der Waals surface area (Å²) < 4.78 is 0. The molecule has 24 heavy (non-hydrogen) atoms. The van der Waals surface area contributed by atoms with E-state index in [0.717, 1.165) is 33.5 Å². The van der Waals surface area contributed by atoms with Gasteiger partial charge in [0.2, 0.25) is 0 Å². The van der Waals surface area contributed by atoms with Gasteiger partial charge in [0.1, 0.15) is 0 Å². The molecular formula is C21H17N3.